The quantitative estimate of drug-likeness (QED) is 0.118. The van der Waals surface area contributed by atoms with Crippen molar-refractivity contribution in [3.8, 4) is 29.4 Å². The molecule has 5 N–H and O–H groups in total. The van der Waals surface area contributed by atoms with Crippen molar-refractivity contribution >= 4 is 69.0 Å². The van der Waals surface area contributed by atoms with Gasteiger partial charge in [-0.1, -0.05) is 44.8 Å². The number of benzene rings is 1. The fraction of sp³-hybridized carbons (Fsp3) is 0.478. The van der Waals surface area contributed by atoms with Gasteiger partial charge in [-0.05, 0) is 84.5 Å². The Kier molecular flexibility index (Phi) is 16.3. The summed E-state index contributed by atoms with van der Waals surface area (Å²) in [5, 5.41) is 28.7. The van der Waals surface area contributed by atoms with E-state index in [0.29, 0.717) is 16.3 Å². The summed E-state index contributed by atoms with van der Waals surface area (Å²) in [6.45, 7) is 7.17. The lowest BCUT2D eigenvalue weighted by molar-refractivity contribution is -0.315. The molecule has 6 rings (SSSR count). The van der Waals surface area contributed by atoms with E-state index in [1.165, 1.54) is 37.4 Å². The minimum atomic E-state index is -2.79. The number of alkyl halides is 1. The molecule has 1 aromatic carbocycles. The number of carbonyl (C=O) groups excluding carboxylic acids is 3. The van der Waals surface area contributed by atoms with Crippen LogP contribution in [0.15, 0.2) is 65.5 Å². The number of aromatic nitrogens is 2. The van der Waals surface area contributed by atoms with Gasteiger partial charge in [0.1, 0.15) is 23.7 Å². The van der Waals surface area contributed by atoms with Crippen LogP contribution in [-0.2, 0) is 62.7 Å². The molecule has 0 bridgehead atoms. The number of H-pyrrole nitrogens is 1. The van der Waals surface area contributed by atoms with E-state index < -0.39 is 86.4 Å². The molecule has 7 unspecified atom stereocenters. The number of allylic oxidation sites excluding steroid dienone is 3. The Morgan fingerprint density at radius 3 is 2.62 bits per heavy atom. The standard InChI is InChI=1S/C46H53FN4O11S3/c1-8-9-10-11-12-13-35(39-29(17-19-65(7,63)64)33(53)21-34(54)41(39)51-45(56)58-6)62-44-37(61-38-22-36(57-5)32(24-59-38)49-25(2)3)23-46(47,26(4)60-44)43(55)42-40-28(16-18-48-42)30-20-27(52)14-15-31(30)50-40/h10-11,14-18,20,25-26,32-33,35-38,44,49-50,52-53H,19,21-24H2,1-7H3,(H,51,56)/b11-10-,29-17-/t26?,32?,33-,35-,36?,37?,38?,44?,46?/m0/s1. The molecule has 19 heteroatoms. The van der Waals surface area contributed by atoms with Crippen molar-refractivity contribution in [2.45, 2.75) is 108 Å². The maximum Gasteiger partial charge on any atom is 0.411 e. The van der Waals surface area contributed by atoms with Gasteiger partial charge < -0.3 is 48.9 Å². The first-order valence-corrected chi connectivity index (χ1v) is 24.9. The Morgan fingerprint density at radius 2 is 1.92 bits per heavy atom. The van der Waals surface area contributed by atoms with Crippen molar-refractivity contribution in [1.82, 2.24) is 20.6 Å². The number of hydrogen-bond donors (Lipinski definition) is 5. The number of aliphatic hydroxyl groups excluding tert-OH is 1. The van der Waals surface area contributed by atoms with Gasteiger partial charge in [0.25, 0.3) is 0 Å². The molecule has 1 aliphatic carbocycles. The molecule has 9 atom stereocenters. The first-order chi connectivity index (χ1) is 30.9. The van der Waals surface area contributed by atoms with Gasteiger partial charge >= 0.3 is 6.09 Å². The molecule has 2 aromatic heterocycles. The lowest BCUT2D eigenvalue weighted by atomic mass is 9.83. The monoisotopic (exact) mass is 952 g/mol. The Balaban J connectivity index is 1.46. The van der Waals surface area contributed by atoms with Crippen molar-refractivity contribution in [1.29, 1.82) is 0 Å². The number of hydrogen-bond acceptors (Lipinski definition) is 15. The number of ether oxygens (including phenoxy) is 6. The zero-order valence-corrected chi connectivity index (χ0v) is 39.4. The summed E-state index contributed by atoms with van der Waals surface area (Å²) < 4.78 is 54.5. The van der Waals surface area contributed by atoms with Crippen molar-refractivity contribution in [3.63, 3.8) is 0 Å². The number of phenolic OH excluding ortho intramolecular Hbond substituents is 1. The number of aromatic hydroxyl groups is 1. The van der Waals surface area contributed by atoms with Crippen LogP contribution in [0.4, 0.5) is 9.18 Å². The normalized spacial score (nSPS) is 27.4. The number of nitrogens with zero attached hydrogens (tertiary/aromatic N) is 1. The Bertz CT molecular complexity index is 2640. The van der Waals surface area contributed by atoms with Crippen LogP contribution < -0.4 is 10.6 Å². The van der Waals surface area contributed by atoms with E-state index in [-0.39, 0.29) is 64.7 Å². The topological polar surface area (TPSA) is 200 Å². The molecule has 0 saturated carbocycles. The van der Waals surface area contributed by atoms with Crippen molar-refractivity contribution < 1.29 is 57.4 Å². The van der Waals surface area contributed by atoms with E-state index in [4.69, 9.17) is 50.8 Å². The van der Waals surface area contributed by atoms with Crippen LogP contribution in [0.3, 0.4) is 0 Å². The van der Waals surface area contributed by atoms with Gasteiger partial charge in [0.05, 0.1) is 49.3 Å². The van der Waals surface area contributed by atoms with Gasteiger partial charge in [-0.3, -0.25) is 19.9 Å². The predicted molar refractivity (Wildman–Crippen MR) is 249 cm³/mol. The number of amides is 1. The molecule has 2 aliphatic heterocycles. The maximum absolute atomic E-state index is 18.0. The summed E-state index contributed by atoms with van der Waals surface area (Å²) in [5.41, 5.74) is -2.32. The minimum Gasteiger partial charge on any atom is -0.508 e. The van der Waals surface area contributed by atoms with Gasteiger partial charge in [0.15, 0.2) is 18.4 Å². The maximum atomic E-state index is 18.0. The van der Waals surface area contributed by atoms with E-state index >= 15 is 4.39 Å². The van der Waals surface area contributed by atoms with Gasteiger partial charge in [-0.25, -0.2) is 9.18 Å². The number of halogens is 1. The van der Waals surface area contributed by atoms with Gasteiger partial charge in [0.2, 0.25) is 11.5 Å². The third kappa shape index (κ3) is 11.7. The first kappa shape index (κ1) is 49.8. The summed E-state index contributed by atoms with van der Waals surface area (Å²) in [7, 11) is 0.649. The van der Waals surface area contributed by atoms with Crippen molar-refractivity contribution in [2.24, 2.45) is 0 Å². The van der Waals surface area contributed by atoms with Gasteiger partial charge in [0, 0.05) is 66.2 Å². The summed E-state index contributed by atoms with van der Waals surface area (Å²) in [6, 6.07) is 6.23. The number of phenols is 1. The molecule has 0 spiro atoms. The van der Waals surface area contributed by atoms with Crippen LogP contribution in [0.5, 0.6) is 5.75 Å². The van der Waals surface area contributed by atoms with Crippen LogP contribution in [-0.4, -0.2) is 132 Å². The van der Waals surface area contributed by atoms with E-state index in [2.05, 4.69) is 44.3 Å². The summed E-state index contributed by atoms with van der Waals surface area (Å²) in [5.74, 6) is 9.80. The summed E-state index contributed by atoms with van der Waals surface area (Å²) in [4.78, 5) is 48.7. The van der Waals surface area contributed by atoms with Crippen LogP contribution in [0.1, 0.15) is 57.4 Å². The molecule has 15 nitrogen and oxygen atoms in total. The SMILES string of the molecule is CC#C/C=C\C#C[C@H](OC1OC(C)C(F)(C(=O)c2nccc3c2[nH]c2ccc(O)cc23)CC1OC1CC(OC)C(NC(C)C)CO1)C1=C(NC(=O)OC)C(=O)C[C@H](O)/C1=C/CS(C)(=S)=S. The Morgan fingerprint density at radius 1 is 1.17 bits per heavy atom. The number of carbonyl (C=O) groups is 3. The number of Topliss-reactive ketones (excluding diaryl/α,β-unsaturated/α-hetero) is 2. The highest BCUT2D eigenvalue weighted by Gasteiger charge is 2.56. The number of nitrogens with one attached hydrogen (secondary N) is 3. The fourth-order valence-electron chi connectivity index (χ4n) is 8.04. The van der Waals surface area contributed by atoms with E-state index in [9.17, 15) is 24.6 Å². The van der Waals surface area contributed by atoms with Gasteiger partial charge in [-0.15, -0.1) is 5.92 Å². The highest BCUT2D eigenvalue weighted by molar-refractivity contribution is 8.56. The Labute approximate surface area is 386 Å². The number of aromatic amines is 1. The fourth-order valence-corrected chi connectivity index (χ4v) is 8.93. The van der Waals surface area contributed by atoms with Crippen LogP contribution in [0.2, 0.25) is 0 Å². The highest BCUT2D eigenvalue weighted by atomic mass is 33.1. The number of aliphatic hydroxyl groups is 1. The highest BCUT2D eigenvalue weighted by Crippen LogP contribution is 2.42. The molecule has 3 aromatic rings. The molecular weight excluding hydrogens is 900 g/mol. The number of methoxy groups -OCH3 is 2. The summed E-state index contributed by atoms with van der Waals surface area (Å²) in [6.07, 6.45) is -3.00. The van der Waals surface area contributed by atoms with Crippen molar-refractivity contribution in [3.05, 3.63) is 71.2 Å². The van der Waals surface area contributed by atoms with Crippen LogP contribution in [0.25, 0.3) is 21.8 Å². The third-order valence-corrected chi connectivity index (χ3v) is 12.7. The number of fused-ring (bicyclic) bond motifs is 3. The van der Waals surface area contributed by atoms with E-state index in [0.717, 1.165) is 7.11 Å². The molecule has 4 heterocycles. The second-order valence-corrected chi connectivity index (χ2v) is 23.4. The smallest absolute Gasteiger partial charge is 0.411 e. The largest absolute Gasteiger partial charge is 0.508 e. The molecular formula is C46H53FN4O11S3. The minimum absolute atomic E-state index is 0.00463. The predicted octanol–water partition coefficient (Wildman–Crippen LogP) is 4.51. The van der Waals surface area contributed by atoms with Crippen LogP contribution in [0, 0.1) is 23.7 Å². The lowest BCUT2D eigenvalue weighted by Crippen LogP contribution is -2.60. The number of ketones is 2. The molecule has 2 fully saturated rings. The average molecular weight is 953 g/mol. The molecule has 2 saturated heterocycles. The first-order valence-electron chi connectivity index (χ1n) is 20.8. The van der Waals surface area contributed by atoms with Gasteiger partial charge in [-0.2, -0.15) is 0 Å². The van der Waals surface area contributed by atoms with E-state index in [1.54, 1.807) is 38.5 Å². The molecule has 1 amide bonds. The molecule has 348 valence electrons. The second kappa shape index (κ2) is 21.3. The zero-order chi connectivity index (χ0) is 47.2. The van der Waals surface area contributed by atoms with E-state index in [1.807, 2.05) is 13.8 Å². The molecule has 3 aliphatic rings. The summed E-state index contributed by atoms with van der Waals surface area (Å²) >= 11 is 11.1. The Hall–Kier alpha value is -4.64. The van der Waals surface area contributed by atoms with Crippen LogP contribution >= 0.6 is 0 Å². The average Bonchev–Trinajstić information content (AvgIpc) is 3.62. The molecule has 0 radical (unpaired) electrons. The second-order valence-electron chi connectivity index (χ2n) is 16.2. The number of rotatable bonds is 13. The zero-order valence-electron chi connectivity index (χ0n) is 37.0. The number of pyridine rings is 1. The van der Waals surface area contributed by atoms with Crippen molar-refractivity contribution in [2.75, 3.05) is 32.8 Å². The lowest BCUT2D eigenvalue weighted by Gasteiger charge is -2.45. The number of alkyl carbamates (subject to hydrolysis) is 1. The third-order valence-electron chi connectivity index (χ3n) is 11.1. The molecule has 65 heavy (non-hydrogen) atoms.